The van der Waals surface area contributed by atoms with Gasteiger partial charge < -0.3 is 0 Å². The summed E-state index contributed by atoms with van der Waals surface area (Å²) < 4.78 is 1.89. The van der Waals surface area contributed by atoms with E-state index in [-0.39, 0.29) is 31.8 Å². The van der Waals surface area contributed by atoms with Crippen LogP contribution in [0.25, 0.3) is 19.9 Å². The molecule has 3 N–H and O–H groups in total. The standard InChI is InChI=1S/C13H9NO3Se/c15-8-2-3-9-12(6-8)18-13(14-9)7-1-4-10(16)11(17)5-7/h1-6,15-17H. The van der Waals surface area contributed by atoms with E-state index in [1.54, 1.807) is 24.3 Å². The number of aromatic nitrogens is 1. The Morgan fingerprint density at radius 2 is 1.72 bits per heavy atom. The molecule has 0 saturated carbocycles. The van der Waals surface area contributed by atoms with Crippen LogP contribution in [0, 0.1) is 0 Å². The summed E-state index contributed by atoms with van der Waals surface area (Å²) in [6.45, 7) is 0. The van der Waals surface area contributed by atoms with Gasteiger partial charge in [-0.15, -0.1) is 0 Å². The summed E-state index contributed by atoms with van der Waals surface area (Å²) in [6, 6.07) is 9.77. The Balaban J connectivity index is 2.16. The fraction of sp³-hybridized carbons (Fsp3) is 0. The normalized spacial score (nSPS) is 10.9. The molecule has 18 heavy (non-hydrogen) atoms. The molecule has 0 radical (unpaired) electrons. The predicted molar refractivity (Wildman–Crippen MR) is 69.1 cm³/mol. The number of fused-ring (bicyclic) bond motifs is 1. The molecule has 2 aromatic carbocycles. The summed E-state index contributed by atoms with van der Waals surface area (Å²) in [5.41, 5.74) is 1.65. The van der Waals surface area contributed by atoms with Gasteiger partial charge in [0.25, 0.3) is 0 Å². The predicted octanol–water partition coefficient (Wildman–Crippen LogP) is 2.08. The van der Waals surface area contributed by atoms with Crippen LogP contribution in [0.4, 0.5) is 0 Å². The zero-order chi connectivity index (χ0) is 12.7. The molecule has 0 spiro atoms. The van der Waals surface area contributed by atoms with Gasteiger partial charge in [0.2, 0.25) is 0 Å². The second kappa shape index (κ2) is 4.05. The molecule has 0 saturated heterocycles. The van der Waals surface area contributed by atoms with Crippen molar-refractivity contribution in [3.63, 3.8) is 0 Å². The van der Waals surface area contributed by atoms with E-state index < -0.39 is 0 Å². The summed E-state index contributed by atoms with van der Waals surface area (Å²) in [4.78, 5) is 4.47. The Kier molecular flexibility index (Phi) is 2.51. The van der Waals surface area contributed by atoms with E-state index in [0.717, 1.165) is 19.9 Å². The van der Waals surface area contributed by atoms with Crippen LogP contribution >= 0.6 is 0 Å². The van der Waals surface area contributed by atoms with E-state index >= 15 is 0 Å². The van der Waals surface area contributed by atoms with Crippen molar-refractivity contribution >= 4 is 24.3 Å². The monoisotopic (exact) mass is 307 g/mol. The van der Waals surface area contributed by atoms with Crippen LogP contribution in [0.3, 0.4) is 0 Å². The number of nitrogens with zero attached hydrogens (tertiary/aromatic N) is 1. The third kappa shape index (κ3) is 1.83. The third-order valence-corrected chi connectivity index (χ3v) is 4.83. The van der Waals surface area contributed by atoms with Gasteiger partial charge in [-0.05, 0) is 0 Å². The van der Waals surface area contributed by atoms with Gasteiger partial charge in [-0.2, -0.15) is 0 Å². The van der Waals surface area contributed by atoms with E-state index in [1.165, 1.54) is 12.1 Å². The van der Waals surface area contributed by atoms with Crippen LogP contribution in [0.15, 0.2) is 36.4 Å². The van der Waals surface area contributed by atoms with Gasteiger partial charge in [-0.1, -0.05) is 0 Å². The number of hydrogen-bond donors (Lipinski definition) is 3. The first-order chi connectivity index (χ1) is 8.63. The number of phenols is 3. The van der Waals surface area contributed by atoms with E-state index in [9.17, 15) is 15.3 Å². The van der Waals surface area contributed by atoms with Crippen LogP contribution in [-0.4, -0.2) is 34.8 Å². The molecular formula is C13H9NO3Se. The van der Waals surface area contributed by atoms with Crippen molar-refractivity contribution < 1.29 is 15.3 Å². The third-order valence-electron chi connectivity index (χ3n) is 2.59. The molecular weight excluding hydrogens is 297 g/mol. The molecule has 90 valence electrons. The van der Waals surface area contributed by atoms with Gasteiger partial charge in [0.1, 0.15) is 0 Å². The second-order valence-corrected chi connectivity index (χ2v) is 6.04. The molecule has 0 aliphatic rings. The molecule has 5 heteroatoms. The summed E-state index contributed by atoms with van der Waals surface area (Å²) in [5, 5.41) is 28.2. The molecule has 0 amide bonds. The molecule has 0 fully saturated rings. The topological polar surface area (TPSA) is 73.6 Å². The van der Waals surface area contributed by atoms with Crippen molar-refractivity contribution in [2.75, 3.05) is 0 Å². The molecule has 3 rings (SSSR count). The SMILES string of the molecule is Oc1ccc2nc(-c3ccc(O)c(O)c3)[se]c2c1. The average molecular weight is 306 g/mol. The van der Waals surface area contributed by atoms with Crippen LogP contribution in [-0.2, 0) is 0 Å². The van der Waals surface area contributed by atoms with Crippen molar-refractivity contribution in [2.45, 2.75) is 0 Å². The molecule has 0 bridgehead atoms. The van der Waals surface area contributed by atoms with Gasteiger partial charge in [-0.25, -0.2) is 0 Å². The number of benzene rings is 2. The van der Waals surface area contributed by atoms with Crippen molar-refractivity contribution in [3.8, 4) is 27.4 Å². The van der Waals surface area contributed by atoms with Gasteiger partial charge in [0.15, 0.2) is 0 Å². The summed E-state index contributed by atoms with van der Waals surface area (Å²) in [5.74, 6) is -0.0505. The number of phenolic OH excluding ortho intramolecular Hbond substituents is 3. The first-order valence-corrected chi connectivity index (χ1v) is 6.97. The number of rotatable bonds is 1. The van der Waals surface area contributed by atoms with Crippen LogP contribution in [0.5, 0.6) is 17.2 Å². The van der Waals surface area contributed by atoms with Crippen molar-refractivity contribution in [1.82, 2.24) is 4.98 Å². The van der Waals surface area contributed by atoms with Crippen LogP contribution in [0.1, 0.15) is 0 Å². The average Bonchev–Trinajstić information content (AvgIpc) is 2.75. The summed E-state index contributed by atoms with van der Waals surface area (Å²) in [7, 11) is 0. The van der Waals surface area contributed by atoms with Crippen LogP contribution in [0.2, 0.25) is 0 Å². The fourth-order valence-electron chi connectivity index (χ4n) is 1.69. The molecule has 3 aromatic rings. The van der Waals surface area contributed by atoms with E-state index in [4.69, 9.17) is 0 Å². The van der Waals surface area contributed by atoms with Crippen molar-refractivity contribution in [2.24, 2.45) is 0 Å². The van der Waals surface area contributed by atoms with Gasteiger partial charge in [0.05, 0.1) is 0 Å². The molecule has 1 aromatic heterocycles. The second-order valence-electron chi connectivity index (χ2n) is 3.87. The number of aromatic hydroxyl groups is 3. The van der Waals surface area contributed by atoms with Crippen molar-refractivity contribution in [3.05, 3.63) is 36.4 Å². The minimum absolute atomic E-state index is 0.00249. The van der Waals surface area contributed by atoms with Crippen LogP contribution < -0.4 is 0 Å². The zero-order valence-electron chi connectivity index (χ0n) is 9.16. The van der Waals surface area contributed by atoms with E-state index in [0.29, 0.717) is 0 Å². The van der Waals surface area contributed by atoms with E-state index in [1.807, 2.05) is 0 Å². The molecule has 1 heterocycles. The van der Waals surface area contributed by atoms with Gasteiger partial charge in [-0.3, -0.25) is 0 Å². The Hall–Kier alpha value is -1.97. The first-order valence-electron chi connectivity index (χ1n) is 5.25. The quantitative estimate of drug-likeness (QED) is 0.475. The maximum absolute atomic E-state index is 9.48. The Labute approximate surface area is 109 Å². The van der Waals surface area contributed by atoms with E-state index in [2.05, 4.69) is 4.98 Å². The summed E-state index contributed by atoms with van der Waals surface area (Å²) >= 11 is -0.00249. The molecule has 0 aliphatic carbocycles. The molecule has 0 aliphatic heterocycles. The minimum atomic E-state index is -0.148. The molecule has 0 atom stereocenters. The molecule has 4 nitrogen and oxygen atoms in total. The first kappa shape index (κ1) is 11.1. The van der Waals surface area contributed by atoms with Gasteiger partial charge >= 0.3 is 108 Å². The van der Waals surface area contributed by atoms with Crippen molar-refractivity contribution in [1.29, 1.82) is 0 Å². The molecule has 0 unspecified atom stereocenters. The fourth-order valence-corrected chi connectivity index (χ4v) is 3.78. The number of hydrogen-bond acceptors (Lipinski definition) is 4. The summed E-state index contributed by atoms with van der Waals surface area (Å²) in [6.07, 6.45) is 0. The maximum atomic E-state index is 9.48. The Bertz CT molecular complexity index is 736. The Morgan fingerprint density at radius 1 is 0.889 bits per heavy atom. The Morgan fingerprint density at radius 3 is 2.50 bits per heavy atom. The zero-order valence-corrected chi connectivity index (χ0v) is 10.9. The van der Waals surface area contributed by atoms with Gasteiger partial charge in [0, 0.05) is 0 Å².